The molecule has 1 aromatic carbocycles. The smallest absolute Gasteiger partial charge is 0.337 e. The zero-order valence-electron chi connectivity index (χ0n) is 9.46. The Morgan fingerprint density at radius 1 is 1.56 bits per heavy atom. The average Bonchev–Trinajstić information content (AvgIpc) is 2.67. The van der Waals surface area contributed by atoms with Crippen LogP contribution in [0.3, 0.4) is 0 Å². The van der Waals surface area contributed by atoms with Gasteiger partial charge in [0.25, 0.3) is 0 Å². The minimum atomic E-state index is -1.17. The highest BCUT2D eigenvalue weighted by molar-refractivity contribution is 6.03. The molecule has 18 heavy (non-hydrogen) atoms. The van der Waals surface area contributed by atoms with Crippen LogP contribution in [0.15, 0.2) is 18.2 Å². The van der Waals surface area contributed by atoms with E-state index in [4.69, 9.17) is 16.1 Å². The molecule has 1 saturated heterocycles. The first-order valence-corrected chi connectivity index (χ1v) is 5.36. The summed E-state index contributed by atoms with van der Waals surface area (Å²) in [6.45, 7) is 0.297. The second-order valence-electron chi connectivity index (χ2n) is 4.12. The molecule has 0 aliphatic carbocycles. The Labute approximate surface area is 103 Å². The van der Waals surface area contributed by atoms with E-state index < -0.39 is 5.97 Å². The number of anilines is 1. The fourth-order valence-electron chi connectivity index (χ4n) is 1.98. The number of hydrogen-bond donors (Lipinski definition) is 2. The van der Waals surface area contributed by atoms with E-state index in [0.717, 1.165) is 0 Å². The Bertz CT molecular complexity index is 562. The van der Waals surface area contributed by atoms with Crippen molar-refractivity contribution in [3.8, 4) is 6.07 Å². The van der Waals surface area contributed by atoms with Crippen molar-refractivity contribution >= 4 is 17.6 Å². The molecule has 0 radical (unpaired) electrons. The van der Waals surface area contributed by atoms with Crippen LogP contribution in [-0.4, -0.2) is 29.6 Å². The third-order valence-electron chi connectivity index (χ3n) is 2.80. The van der Waals surface area contributed by atoms with Crippen molar-refractivity contribution in [3.05, 3.63) is 29.3 Å². The normalized spacial score (nSPS) is 18.8. The summed E-state index contributed by atoms with van der Waals surface area (Å²) in [7, 11) is 0. The Hall–Kier alpha value is -2.39. The number of carboxylic acids is 1. The number of carbonyl (C=O) groups is 2. The van der Waals surface area contributed by atoms with E-state index in [2.05, 4.69) is 0 Å². The van der Waals surface area contributed by atoms with Crippen molar-refractivity contribution in [3.63, 3.8) is 0 Å². The number of nitrogens with zero attached hydrogens (tertiary/aromatic N) is 2. The van der Waals surface area contributed by atoms with Crippen LogP contribution in [0.5, 0.6) is 0 Å². The third-order valence-corrected chi connectivity index (χ3v) is 2.80. The molecule has 0 saturated carbocycles. The summed E-state index contributed by atoms with van der Waals surface area (Å²) in [6.07, 6.45) is 0.207. The SMILES string of the molecule is N#Cc1ccc(N2CC(N)CC2=O)c(C(=O)O)c1. The van der Waals surface area contributed by atoms with Crippen LogP contribution in [0, 0.1) is 11.3 Å². The van der Waals surface area contributed by atoms with E-state index in [9.17, 15) is 9.59 Å². The standard InChI is InChI=1S/C12H11N3O3/c13-5-7-1-2-10(9(3-7)12(17)18)15-6-8(14)4-11(15)16/h1-3,8H,4,6,14H2,(H,17,18). The largest absolute Gasteiger partial charge is 0.478 e. The lowest BCUT2D eigenvalue weighted by Crippen LogP contribution is -2.29. The van der Waals surface area contributed by atoms with Crippen LogP contribution >= 0.6 is 0 Å². The van der Waals surface area contributed by atoms with Crippen LogP contribution in [0.2, 0.25) is 0 Å². The van der Waals surface area contributed by atoms with Crippen molar-refractivity contribution in [2.24, 2.45) is 5.73 Å². The number of aromatic carboxylic acids is 1. The number of amides is 1. The summed E-state index contributed by atoms with van der Waals surface area (Å²) in [6, 6.07) is 5.80. The minimum absolute atomic E-state index is 0.0588. The molecule has 1 aliphatic heterocycles. The lowest BCUT2D eigenvalue weighted by atomic mass is 10.1. The van der Waals surface area contributed by atoms with Gasteiger partial charge in [0.1, 0.15) is 0 Å². The second-order valence-corrected chi connectivity index (χ2v) is 4.12. The first kappa shape index (κ1) is 12.1. The zero-order valence-corrected chi connectivity index (χ0v) is 9.46. The summed E-state index contributed by atoms with van der Waals surface area (Å²) >= 11 is 0. The lowest BCUT2D eigenvalue weighted by Gasteiger charge is -2.18. The number of carboxylic acid groups (broad SMARTS) is 1. The number of rotatable bonds is 2. The van der Waals surface area contributed by atoms with Gasteiger partial charge >= 0.3 is 5.97 Å². The highest BCUT2D eigenvalue weighted by Gasteiger charge is 2.30. The molecule has 6 heteroatoms. The highest BCUT2D eigenvalue weighted by Crippen LogP contribution is 2.26. The summed E-state index contributed by atoms with van der Waals surface area (Å²) < 4.78 is 0. The monoisotopic (exact) mass is 245 g/mol. The Morgan fingerprint density at radius 3 is 2.78 bits per heavy atom. The molecule has 2 rings (SSSR count). The maximum absolute atomic E-state index is 11.7. The number of hydrogen-bond acceptors (Lipinski definition) is 4. The quantitative estimate of drug-likeness (QED) is 0.780. The van der Waals surface area contributed by atoms with Gasteiger partial charge < -0.3 is 15.7 Å². The van der Waals surface area contributed by atoms with Crippen LogP contribution in [-0.2, 0) is 4.79 Å². The maximum atomic E-state index is 11.7. The molecule has 92 valence electrons. The average molecular weight is 245 g/mol. The molecule has 1 fully saturated rings. The minimum Gasteiger partial charge on any atom is -0.478 e. The Balaban J connectivity index is 2.48. The van der Waals surface area contributed by atoms with E-state index in [1.54, 1.807) is 0 Å². The highest BCUT2D eigenvalue weighted by atomic mass is 16.4. The third kappa shape index (κ3) is 2.04. The van der Waals surface area contributed by atoms with E-state index >= 15 is 0 Å². The molecule has 1 unspecified atom stereocenters. The molecule has 0 aromatic heterocycles. The van der Waals surface area contributed by atoms with Crippen LogP contribution in [0.4, 0.5) is 5.69 Å². The first-order chi connectivity index (χ1) is 8.52. The summed E-state index contributed by atoms with van der Waals surface area (Å²) in [5.41, 5.74) is 6.15. The van der Waals surface area contributed by atoms with Crippen molar-refractivity contribution < 1.29 is 14.7 Å². The van der Waals surface area contributed by atoms with Crippen LogP contribution in [0.25, 0.3) is 0 Å². The van der Waals surface area contributed by atoms with E-state index in [1.165, 1.54) is 23.1 Å². The molecular formula is C12H11N3O3. The predicted molar refractivity (Wildman–Crippen MR) is 63.1 cm³/mol. The number of nitriles is 1. The van der Waals surface area contributed by atoms with Gasteiger partial charge in [0.2, 0.25) is 5.91 Å². The van der Waals surface area contributed by atoms with Crippen molar-refractivity contribution in [1.82, 2.24) is 0 Å². The molecule has 1 amide bonds. The molecule has 6 nitrogen and oxygen atoms in total. The second kappa shape index (κ2) is 4.47. The Morgan fingerprint density at radius 2 is 2.28 bits per heavy atom. The number of benzene rings is 1. The molecule has 0 bridgehead atoms. The topological polar surface area (TPSA) is 107 Å². The molecule has 0 spiro atoms. The van der Waals surface area contributed by atoms with Gasteiger partial charge in [0.15, 0.2) is 0 Å². The van der Waals surface area contributed by atoms with E-state index in [1.807, 2.05) is 6.07 Å². The van der Waals surface area contributed by atoms with Gasteiger partial charge in [-0.1, -0.05) is 0 Å². The fraction of sp³-hybridized carbons (Fsp3) is 0.250. The zero-order chi connectivity index (χ0) is 13.3. The van der Waals surface area contributed by atoms with Crippen molar-refractivity contribution in [2.45, 2.75) is 12.5 Å². The van der Waals surface area contributed by atoms with Gasteiger partial charge in [-0.25, -0.2) is 4.79 Å². The molecule has 1 atom stereocenters. The predicted octanol–water partition coefficient (Wildman–Crippen LogP) is 0.320. The summed E-state index contributed by atoms with van der Waals surface area (Å²) in [5.74, 6) is -1.37. The van der Waals surface area contributed by atoms with Crippen LogP contribution < -0.4 is 10.6 Å². The number of nitrogens with two attached hydrogens (primary N) is 1. The van der Waals surface area contributed by atoms with E-state index in [-0.39, 0.29) is 29.5 Å². The van der Waals surface area contributed by atoms with Gasteiger partial charge in [0.05, 0.1) is 22.9 Å². The molecule has 3 N–H and O–H groups in total. The van der Waals surface area contributed by atoms with Gasteiger partial charge in [-0.3, -0.25) is 4.79 Å². The summed E-state index contributed by atoms with van der Waals surface area (Å²) in [4.78, 5) is 24.2. The van der Waals surface area contributed by atoms with E-state index in [0.29, 0.717) is 12.2 Å². The number of carbonyl (C=O) groups excluding carboxylic acids is 1. The first-order valence-electron chi connectivity index (χ1n) is 5.36. The van der Waals surface area contributed by atoms with Gasteiger partial charge in [0, 0.05) is 19.0 Å². The summed E-state index contributed by atoms with van der Waals surface area (Å²) in [5, 5.41) is 17.9. The molecule has 1 aliphatic rings. The Kier molecular flexibility index (Phi) is 3.00. The van der Waals surface area contributed by atoms with Crippen LogP contribution in [0.1, 0.15) is 22.3 Å². The molecule has 1 heterocycles. The van der Waals surface area contributed by atoms with Gasteiger partial charge in [-0.15, -0.1) is 0 Å². The van der Waals surface area contributed by atoms with Gasteiger partial charge in [-0.05, 0) is 18.2 Å². The maximum Gasteiger partial charge on any atom is 0.337 e. The molecular weight excluding hydrogens is 234 g/mol. The fourth-order valence-corrected chi connectivity index (χ4v) is 1.98. The van der Waals surface area contributed by atoms with Crippen molar-refractivity contribution in [1.29, 1.82) is 5.26 Å². The lowest BCUT2D eigenvalue weighted by molar-refractivity contribution is -0.117. The van der Waals surface area contributed by atoms with Crippen molar-refractivity contribution in [2.75, 3.05) is 11.4 Å². The molecule has 1 aromatic rings. The van der Waals surface area contributed by atoms with Gasteiger partial charge in [-0.2, -0.15) is 5.26 Å².